The molecule has 36 heavy (non-hydrogen) atoms. The average Bonchev–Trinajstić information content (AvgIpc) is 3.14. The summed E-state index contributed by atoms with van der Waals surface area (Å²) in [7, 11) is 0. The Hall–Kier alpha value is -4.01. The standard InChI is InChI=1S/C27H27N5O4/c1-17-9-8-14-31-21(17)28-22-19(23(31)33)15-27(20-12-6-3-7-13-30(20)22)24(34)29-26(36)32(25(27)35)16-18-10-4-2-5-11-18/h2,4-5,8-11,14,20H,3,6-7,12-13,15-16H2,1H3,(H,29,34,36)/t20-,27+/m1/s1. The number of barbiturate groups is 1. The SMILES string of the molecule is Cc1cccn2c(=O)c3c(nc12)N1CCCCC[C@@H]1[C@@]1(C3)C(=O)NC(=O)N(Cc2ccccc2)C1=O. The molecular formula is C27H27N5O4. The largest absolute Gasteiger partial charge is 0.352 e. The van der Waals surface area contributed by atoms with Crippen LogP contribution in [-0.4, -0.2) is 44.7 Å². The Morgan fingerprint density at radius 3 is 2.64 bits per heavy atom. The van der Waals surface area contributed by atoms with Crippen molar-refractivity contribution >= 4 is 29.3 Å². The fourth-order valence-corrected chi connectivity index (χ4v) is 6.05. The molecule has 184 valence electrons. The highest BCUT2D eigenvalue weighted by Crippen LogP contribution is 2.46. The molecule has 2 fully saturated rings. The molecule has 5 heterocycles. The van der Waals surface area contributed by atoms with E-state index in [1.807, 2.05) is 48.2 Å². The number of fused-ring (bicyclic) bond motifs is 5. The second-order valence-corrected chi connectivity index (χ2v) is 9.95. The Labute approximate surface area is 207 Å². The topological polar surface area (TPSA) is 104 Å². The maximum Gasteiger partial charge on any atom is 0.331 e. The Kier molecular flexibility index (Phi) is 5.17. The molecule has 3 aromatic rings. The number of aromatic nitrogens is 2. The van der Waals surface area contributed by atoms with Gasteiger partial charge in [-0.25, -0.2) is 9.78 Å². The van der Waals surface area contributed by atoms with Gasteiger partial charge >= 0.3 is 6.03 Å². The van der Waals surface area contributed by atoms with Crippen LogP contribution in [0.25, 0.3) is 5.65 Å². The van der Waals surface area contributed by atoms with Gasteiger partial charge < -0.3 is 4.90 Å². The number of nitrogens with one attached hydrogen (secondary N) is 1. The molecule has 3 aliphatic heterocycles. The number of aryl methyl sites for hydroxylation is 1. The van der Waals surface area contributed by atoms with Crippen molar-refractivity contribution in [2.45, 2.75) is 51.6 Å². The van der Waals surface area contributed by atoms with Crippen LogP contribution in [-0.2, 0) is 22.6 Å². The number of hydrogen-bond acceptors (Lipinski definition) is 6. The van der Waals surface area contributed by atoms with Gasteiger partial charge in [0.05, 0.1) is 18.2 Å². The lowest BCUT2D eigenvalue weighted by Crippen LogP contribution is -2.72. The first-order valence-corrected chi connectivity index (χ1v) is 12.4. The first-order valence-electron chi connectivity index (χ1n) is 12.4. The van der Waals surface area contributed by atoms with E-state index in [9.17, 15) is 19.2 Å². The van der Waals surface area contributed by atoms with E-state index in [2.05, 4.69) is 5.32 Å². The third-order valence-electron chi connectivity index (χ3n) is 7.85. The summed E-state index contributed by atoms with van der Waals surface area (Å²) in [6, 6.07) is 11.7. The summed E-state index contributed by atoms with van der Waals surface area (Å²) in [5.74, 6) is -0.617. The Balaban J connectivity index is 1.54. The van der Waals surface area contributed by atoms with Crippen LogP contribution in [0.5, 0.6) is 0 Å². The van der Waals surface area contributed by atoms with Crippen molar-refractivity contribution in [3.8, 4) is 0 Å². The Morgan fingerprint density at radius 1 is 1.03 bits per heavy atom. The molecule has 2 atom stereocenters. The summed E-state index contributed by atoms with van der Waals surface area (Å²) < 4.78 is 1.48. The number of benzene rings is 1. The second-order valence-electron chi connectivity index (χ2n) is 9.95. The van der Waals surface area contributed by atoms with Crippen molar-refractivity contribution in [3.63, 3.8) is 0 Å². The third kappa shape index (κ3) is 3.18. The molecule has 1 spiro atoms. The molecule has 2 saturated heterocycles. The zero-order valence-electron chi connectivity index (χ0n) is 20.1. The third-order valence-corrected chi connectivity index (χ3v) is 7.85. The van der Waals surface area contributed by atoms with E-state index in [4.69, 9.17) is 4.98 Å². The molecule has 0 saturated carbocycles. The average molecular weight is 486 g/mol. The fraction of sp³-hybridized carbons (Fsp3) is 0.370. The van der Waals surface area contributed by atoms with E-state index in [0.29, 0.717) is 30.0 Å². The summed E-state index contributed by atoms with van der Waals surface area (Å²) in [6.45, 7) is 2.54. The number of urea groups is 1. The number of anilines is 1. The number of imide groups is 2. The maximum atomic E-state index is 14.2. The van der Waals surface area contributed by atoms with E-state index in [1.54, 1.807) is 12.3 Å². The fourth-order valence-electron chi connectivity index (χ4n) is 6.05. The van der Waals surface area contributed by atoms with Crippen molar-refractivity contribution in [2.24, 2.45) is 5.41 Å². The van der Waals surface area contributed by atoms with Crippen LogP contribution in [0.15, 0.2) is 53.5 Å². The number of carbonyl (C=O) groups excluding carboxylic acids is 3. The lowest BCUT2D eigenvalue weighted by atomic mass is 9.68. The Bertz CT molecular complexity index is 1470. The quantitative estimate of drug-likeness (QED) is 0.560. The number of nitrogens with zero attached hydrogens (tertiary/aromatic N) is 4. The van der Waals surface area contributed by atoms with E-state index in [-0.39, 0.29) is 18.5 Å². The first-order chi connectivity index (χ1) is 17.4. The van der Waals surface area contributed by atoms with Gasteiger partial charge in [-0.1, -0.05) is 49.2 Å². The van der Waals surface area contributed by atoms with Crippen molar-refractivity contribution < 1.29 is 14.4 Å². The smallest absolute Gasteiger partial charge is 0.331 e. The summed E-state index contributed by atoms with van der Waals surface area (Å²) in [5, 5.41) is 2.46. The minimum absolute atomic E-state index is 0.0499. The summed E-state index contributed by atoms with van der Waals surface area (Å²) >= 11 is 0. The van der Waals surface area contributed by atoms with Crippen LogP contribution < -0.4 is 15.8 Å². The highest BCUT2D eigenvalue weighted by atomic mass is 16.2. The summed E-state index contributed by atoms with van der Waals surface area (Å²) in [6.07, 6.45) is 4.83. The molecule has 4 amide bonds. The summed E-state index contributed by atoms with van der Waals surface area (Å²) in [4.78, 5) is 62.5. The molecular weight excluding hydrogens is 458 g/mol. The highest BCUT2D eigenvalue weighted by Gasteiger charge is 2.62. The molecule has 0 bridgehead atoms. The zero-order chi connectivity index (χ0) is 25.0. The maximum absolute atomic E-state index is 14.2. The Morgan fingerprint density at radius 2 is 1.83 bits per heavy atom. The van der Waals surface area contributed by atoms with Crippen molar-refractivity contribution in [2.75, 3.05) is 11.4 Å². The van der Waals surface area contributed by atoms with Crippen LogP contribution >= 0.6 is 0 Å². The van der Waals surface area contributed by atoms with Gasteiger partial charge in [-0.05, 0) is 37.0 Å². The van der Waals surface area contributed by atoms with E-state index < -0.39 is 29.3 Å². The number of carbonyl (C=O) groups is 3. The van der Waals surface area contributed by atoms with Gasteiger partial charge in [0.25, 0.3) is 5.56 Å². The predicted octanol–water partition coefficient (Wildman–Crippen LogP) is 2.57. The van der Waals surface area contributed by atoms with Gasteiger partial charge in [-0.15, -0.1) is 0 Å². The number of amides is 4. The first kappa shape index (κ1) is 22.5. The molecule has 1 N–H and O–H groups in total. The highest BCUT2D eigenvalue weighted by molar-refractivity contribution is 6.20. The van der Waals surface area contributed by atoms with Crippen LogP contribution in [0.1, 0.15) is 42.4 Å². The minimum atomic E-state index is -1.58. The van der Waals surface area contributed by atoms with Crippen molar-refractivity contribution in [1.29, 1.82) is 0 Å². The van der Waals surface area contributed by atoms with Crippen molar-refractivity contribution in [3.05, 3.63) is 75.7 Å². The molecule has 9 heteroatoms. The van der Waals surface area contributed by atoms with Crippen LogP contribution in [0.3, 0.4) is 0 Å². The van der Waals surface area contributed by atoms with Gasteiger partial charge in [0.15, 0.2) is 5.41 Å². The lowest BCUT2D eigenvalue weighted by Gasteiger charge is -2.50. The second kappa shape index (κ2) is 8.29. The molecule has 0 radical (unpaired) electrons. The van der Waals surface area contributed by atoms with E-state index in [0.717, 1.165) is 35.3 Å². The van der Waals surface area contributed by atoms with Crippen LogP contribution in [0.4, 0.5) is 10.6 Å². The van der Waals surface area contributed by atoms with Gasteiger partial charge in [0, 0.05) is 19.2 Å². The van der Waals surface area contributed by atoms with Gasteiger partial charge in [-0.2, -0.15) is 0 Å². The monoisotopic (exact) mass is 485 g/mol. The van der Waals surface area contributed by atoms with Crippen LogP contribution in [0.2, 0.25) is 0 Å². The number of rotatable bonds is 2. The normalized spacial score (nSPS) is 23.9. The van der Waals surface area contributed by atoms with Gasteiger partial charge in [-0.3, -0.25) is 29.0 Å². The molecule has 0 aliphatic carbocycles. The number of pyridine rings is 1. The van der Waals surface area contributed by atoms with Gasteiger partial charge in [0.2, 0.25) is 11.8 Å². The number of hydrogen-bond donors (Lipinski definition) is 1. The zero-order valence-corrected chi connectivity index (χ0v) is 20.1. The summed E-state index contributed by atoms with van der Waals surface area (Å²) in [5.41, 5.74) is 0.693. The predicted molar refractivity (Wildman–Crippen MR) is 132 cm³/mol. The molecule has 1 aromatic carbocycles. The molecule has 6 rings (SSSR count). The minimum Gasteiger partial charge on any atom is -0.352 e. The van der Waals surface area contributed by atoms with E-state index >= 15 is 0 Å². The van der Waals surface area contributed by atoms with Gasteiger partial charge in [0.1, 0.15) is 11.5 Å². The molecule has 2 aromatic heterocycles. The lowest BCUT2D eigenvalue weighted by molar-refractivity contribution is -0.154. The van der Waals surface area contributed by atoms with Crippen LogP contribution in [0, 0.1) is 12.3 Å². The molecule has 3 aliphatic rings. The molecule has 9 nitrogen and oxygen atoms in total. The molecule has 0 unspecified atom stereocenters. The van der Waals surface area contributed by atoms with Crippen molar-refractivity contribution in [1.82, 2.24) is 19.6 Å². The van der Waals surface area contributed by atoms with E-state index in [1.165, 1.54) is 4.40 Å².